The molecular weight excluding hydrogens is 232 g/mol. The summed E-state index contributed by atoms with van der Waals surface area (Å²) >= 11 is 5.20. The first-order valence-electron chi connectivity index (χ1n) is 6.39. The number of rotatable bonds is 3. The molecule has 0 aromatic carbocycles. The van der Waals surface area contributed by atoms with Crippen LogP contribution in [-0.4, -0.2) is 29.6 Å². The van der Waals surface area contributed by atoms with E-state index in [1.54, 1.807) is 0 Å². The number of nitrogens with zero attached hydrogens (tertiary/aromatic N) is 1. The van der Waals surface area contributed by atoms with Crippen LogP contribution in [0.15, 0.2) is 0 Å². The zero-order valence-electron chi connectivity index (χ0n) is 9.88. The van der Waals surface area contributed by atoms with Crippen molar-refractivity contribution in [1.82, 2.24) is 15.3 Å². The molecule has 0 unspecified atom stereocenters. The predicted octanol–water partition coefficient (Wildman–Crippen LogP) is 1.65. The van der Waals surface area contributed by atoms with E-state index in [-0.39, 0.29) is 0 Å². The Morgan fingerprint density at radius 2 is 2.12 bits per heavy atom. The van der Waals surface area contributed by atoms with Crippen molar-refractivity contribution in [3.63, 3.8) is 0 Å². The Labute approximate surface area is 106 Å². The van der Waals surface area contributed by atoms with Gasteiger partial charge >= 0.3 is 0 Å². The third-order valence-corrected chi connectivity index (χ3v) is 3.67. The van der Waals surface area contributed by atoms with E-state index >= 15 is 0 Å². The van der Waals surface area contributed by atoms with Crippen molar-refractivity contribution in [2.45, 2.75) is 25.7 Å². The normalized spacial score (nSPS) is 19.5. The van der Waals surface area contributed by atoms with Crippen molar-refractivity contribution in [2.75, 3.05) is 25.0 Å². The van der Waals surface area contributed by atoms with Gasteiger partial charge in [0.2, 0.25) is 0 Å². The molecule has 0 radical (unpaired) electrons. The maximum absolute atomic E-state index is 5.20. The minimum atomic E-state index is 0.601. The van der Waals surface area contributed by atoms with Gasteiger partial charge < -0.3 is 15.6 Å². The fourth-order valence-electron chi connectivity index (χ4n) is 2.29. The zero-order chi connectivity index (χ0) is 11.7. The van der Waals surface area contributed by atoms with E-state index in [0.29, 0.717) is 4.77 Å². The highest BCUT2D eigenvalue weighted by molar-refractivity contribution is 7.71. The van der Waals surface area contributed by atoms with Gasteiger partial charge in [-0.2, -0.15) is 0 Å². The van der Waals surface area contributed by atoms with Gasteiger partial charge in [0, 0.05) is 30.8 Å². The number of anilines is 1. The Morgan fingerprint density at radius 3 is 2.94 bits per heavy atom. The van der Waals surface area contributed by atoms with Gasteiger partial charge in [-0.3, -0.25) is 0 Å². The highest BCUT2D eigenvalue weighted by Gasteiger charge is 2.22. The molecule has 0 amide bonds. The lowest BCUT2D eigenvalue weighted by molar-refractivity contribution is 0.708. The van der Waals surface area contributed by atoms with Gasteiger partial charge in [0.05, 0.1) is 0 Å². The summed E-state index contributed by atoms with van der Waals surface area (Å²) in [4.78, 5) is 7.68. The summed E-state index contributed by atoms with van der Waals surface area (Å²) in [6.45, 7) is 3.09. The third kappa shape index (κ3) is 2.66. The van der Waals surface area contributed by atoms with Crippen LogP contribution in [0, 0.1) is 10.7 Å². The molecule has 2 aliphatic rings. The summed E-state index contributed by atoms with van der Waals surface area (Å²) < 4.78 is 0.601. The van der Waals surface area contributed by atoms with E-state index in [9.17, 15) is 0 Å². The Balaban J connectivity index is 1.88. The summed E-state index contributed by atoms with van der Waals surface area (Å²) in [7, 11) is 0. The molecule has 1 fully saturated rings. The van der Waals surface area contributed by atoms with E-state index in [1.165, 1.54) is 24.1 Å². The first kappa shape index (κ1) is 11.2. The first-order chi connectivity index (χ1) is 8.33. The van der Waals surface area contributed by atoms with E-state index in [0.717, 1.165) is 44.2 Å². The monoisotopic (exact) mass is 250 g/mol. The van der Waals surface area contributed by atoms with Gasteiger partial charge in [0.1, 0.15) is 5.82 Å². The second-order valence-corrected chi connectivity index (χ2v) is 5.31. The van der Waals surface area contributed by atoms with Crippen LogP contribution in [0.5, 0.6) is 0 Å². The number of H-pyrrole nitrogens is 1. The van der Waals surface area contributed by atoms with Crippen LogP contribution in [0.4, 0.5) is 5.82 Å². The highest BCUT2D eigenvalue weighted by Crippen LogP contribution is 2.29. The molecule has 4 nitrogen and oxygen atoms in total. The minimum Gasteiger partial charge on any atom is -0.369 e. The van der Waals surface area contributed by atoms with Crippen molar-refractivity contribution in [2.24, 2.45) is 5.92 Å². The minimum absolute atomic E-state index is 0.601. The van der Waals surface area contributed by atoms with Gasteiger partial charge in [-0.25, -0.2) is 4.98 Å². The van der Waals surface area contributed by atoms with Gasteiger partial charge in [-0.1, -0.05) is 0 Å². The molecule has 1 saturated carbocycles. The van der Waals surface area contributed by atoms with Crippen molar-refractivity contribution in [3.05, 3.63) is 16.0 Å². The quantitative estimate of drug-likeness (QED) is 0.714. The van der Waals surface area contributed by atoms with Crippen LogP contribution in [0.3, 0.4) is 0 Å². The predicted molar refractivity (Wildman–Crippen MR) is 70.9 cm³/mol. The first-order valence-corrected chi connectivity index (χ1v) is 6.80. The number of fused-ring (bicyclic) bond motifs is 1. The third-order valence-electron chi connectivity index (χ3n) is 3.48. The smallest absolute Gasteiger partial charge is 0.198 e. The van der Waals surface area contributed by atoms with Crippen LogP contribution >= 0.6 is 12.2 Å². The standard InChI is InChI=1S/C12H18N4S/c17-12-15-10-4-6-13-5-3-9(10)11(16-12)14-7-8-1-2-8/h8,13H,1-7H2,(H2,14,15,16,17). The second kappa shape index (κ2) is 4.74. The number of nitrogens with one attached hydrogen (secondary N) is 3. The van der Waals surface area contributed by atoms with Crippen molar-refractivity contribution >= 4 is 18.0 Å². The van der Waals surface area contributed by atoms with Gasteiger partial charge in [0.15, 0.2) is 4.77 Å². The van der Waals surface area contributed by atoms with Crippen LogP contribution < -0.4 is 10.6 Å². The zero-order valence-corrected chi connectivity index (χ0v) is 10.7. The maximum Gasteiger partial charge on any atom is 0.198 e. The summed E-state index contributed by atoms with van der Waals surface area (Å²) in [6, 6.07) is 0. The van der Waals surface area contributed by atoms with E-state index in [1.807, 2.05) is 0 Å². The molecule has 3 rings (SSSR count). The molecule has 3 N–H and O–H groups in total. The SMILES string of the molecule is S=c1nc(NCC2CC2)c2c([nH]1)CCNCC2. The summed E-state index contributed by atoms with van der Waals surface area (Å²) in [5.74, 6) is 1.87. The summed E-state index contributed by atoms with van der Waals surface area (Å²) in [5.41, 5.74) is 2.58. The van der Waals surface area contributed by atoms with Gasteiger partial charge in [0.25, 0.3) is 0 Å². The van der Waals surface area contributed by atoms with Crippen molar-refractivity contribution in [1.29, 1.82) is 0 Å². The lowest BCUT2D eigenvalue weighted by atomic mass is 10.1. The van der Waals surface area contributed by atoms with E-state index in [4.69, 9.17) is 12.2 Å². The maximum atomic E-state index is 5.20. The molecular formula is C12H18N4S. The number of aromatic nitrogens is 2. The number of hydrogen-bond donors (Lipinski definition) is 3. The molecule has 0 bridgehead atoms. The molecule has 1 aromatic rings. The molecule has 5 heteroatoms. The van der Waals surface area contributed by atoms with Crippen molar-refractivity contribution < 1.29 is 0 Å². The molecule has 17 heavy (non-hydrogen) atoms. The fourth-order valence-corrected chi connectivity index (χ4v) is 2.50. The van der Waals surface area contributed by atoms with Gasteiger partial charge in [-0.15, -0.1) is 0 Å². The highest BCUT2D eigenvalue weighted by atomic mass is 32.1. The average Bonchev–Trinajstić information content (AvgIpc) is 3.12. The van der Waals surface area contributed by atoms with Crippen LogP contribution in [0.25, 0.3) is 0 Å². The number of aromatic amines is 1. The van der Waals surface area contributed by atoms with Crippen molar-refractivity contribution in [3.8, 4) is 0 Å². The Hall–Kier alpha value is -0.940. The summed E-state index contributed by atoms with van der Waals surface area (Å²) in [5, 5.41) is 6.89. The molecule has 1 aliphatic heterocycles. The summed E-state index contributed by atoms with van der Waals surface area (Å²) in [6.07, 6.45) is 4.76. The van der Waals surface area contributed by atoms with Crippen LogP contribution in [0.2, 0.25) is 0 Å². The molecule has 2 heterocycles. The largest absolute Gasteiger partial charge is 0.369 e. The van der Waals surface area contributed by atoms with Gasteiger partial charge in [-0.05, 0) is 43.9 Å². The topological polar surface area (TPSA) is 52.7 Å². The van der Waals surface area contributed by atoms with Crippen LogP contribution in [-0.2, 0) is 12.8 Å². The van der Waals surface area contributed by atoms with E-state index < -0.39 is 0 Å². The molecule has 0 atom stereocenters. The molecule has 92 valence electrons. The Kier molecular flexibility index (Phi) is 3.11. The fraction of sp³-hybridized carbons (Fsp3) is 0.667. The molecule has 1 aromatic heterocycles. The second-order valence-electron chi connectivity index (χ2n) is 4.92. The lowest BCUT2D eigenvalue weighted by Gasteiger charge is -2.12. The Bertz CT molecular complexity index is 464. The van der Waals surface area contributed by atoms with Crippen LogP contribution in [0.1, 0.15) is 24.1 Å². The molecule has 0 spiro atoms. The number of hydrogen-bond acceptors (Lipinski definition) is 4. The molecule has 1 aliphatic carbocycles. The van der Waals surface area contributed by atoms with E-state index in [2.05, 4.69) is 20.6 Å². The molecule has 0 saturated heterocycles. The average molecular weight is 250 g/mol. The lowest BCUT2D eigenvalue weighted by Crippen LogP contribution is -2.16. The Morgan fingerprint density at radius 1 is 1.29 bits per heavy atom.